The number of rotatable bonds is 5. The summed E-state index contributed by atoms with van der Waals surface area (Å²) < 4.78 is 11.5. The fraction of sp³-hybridized carbons (Fsp3) is 0.565. The highest BCUT2D eigenvalue weighted by molar-refractivity contribution is 6.11. The molecule has 0 spiro atoms. The van der Waals surface area contributed by atoms with Crippen LogP contribution in [0.2, 0.25) is 0 Å². The quantitative estimate of drug-likeness (QED) is 0.763. The van der Waals surface area contributed by atoms with E-state index in [1.54, 1.807) is 12.0 Å². The molecular weight excluding hydrogens is 368 g/mol. The maximum Gasteiger partial charge on any atom is 0.290 e. The van der Waals surface area contributed by atoms with Crippen molar-refractivity contribution >= 4 is 11.7 Å². The normalized spacial score (nSPS) is 29.1. The minimum atomic E-state index is -0.394. The summed E-state index contributed by atoms with van der Waals surface area (Å²) >= 11 is 0. The zero-order chi connectivity index (χ0) is 20.7. The SMILES string of the molecule is COc1ccc(C2C3=C(OC4CCC(C)CC4C3=O)C(=O)N2CCN(C)C)cc1. The first-order valence-electron chi connectivity index (χ1n) is 10.5. The van der Waals surface area contributed by atoms with Gasteiger partial charge in [-0.3, -0.25) is 9.59 Å². The molecule has 1 fully saturated rings. The predicted molar refractivity (Wildman–Crippen MR) is 109 cm³/mol. The number of hydrogen-bond donors (Lipinski definition) is 0. The summed E-state index contributed by atoms with van der Waals surface area (Å²) in [6.07, 6.45) is 2.55. The summed E-state index contributed by atoms with van der Waals surface area (Å²) in [5.41, 5.74) is 1.47. The number of ketones is 1. The summed E-state index contributed by atoms with van der Waals surface area (Å²) in [5.74, 6) is 1.34. The first-order chi connectivity index (χ1) is 13.9. The second-order valence-electron chi connectivity index (χ2n) is 8.77. The number of ether oxygens (including phenoxy) is 2. The van der Waals surface area contributed by atoms with Crippen molar-refractivity contribution in [3.05, 3.63) is 41.2 Å². The van der Waals surface area contributed by atoms with Gasteiger partial charge in [0.05, 0.1) is 24.6 Å². The summed E-state index contributed by atoms with van der Waals surface area (Å²) in [6, 6.07) is 7.25. The molecule has 156 valence electrons. The average molecular weight is 399 g/mol. The van der Waals surface area contributed by atoms with Crippen molar-refractivity contribution in [1.82, 2.24) is 9.80 Å². The number of likely N-dealkylation sites (N-methyl/N-ethyl adjacent to an activating group) is 1. The van der Waals surface area contributed by atoms with Crippen molar-refractivity contribution in [1.29, 1.82) is 0 Å². The van der Waals surface area contributed by atoms with Gasteiger partial charge in [-0.15, -0.1) is 0 Å². The minimum Gasteiger partial charge on any atom is -0.497 e. The van der Waals surface area contributed by atoms with Gasteiger partial charge >= 0.3 is 0 Å². The first-order valence-corrected chi connectivity index (χ1v) is 10.5. The Morgan fingerprint density at radius 2 is 1.90 bits per heavy atom. The van der Waals surface area contributed by atoms with Crippen molar-refractivity contribution in [3.63, 3.8) is 0 Å². The lowest BCUT2D eigenvalue weighted by atomic mass is 9.74. The first kappa shape index (κ1) is 20.0. The van der Waals surface area contributed by atoms with E-state index in [0.717, 1.165) is 37.1 Å². The number of hydrogen-bond acceptors (Lipinski definition) is 5. The summed E-state index contributed by atoms with van der Waals surface area (Å²) in [6.45, 7) is 3.45. The summed E-state index contributed by atoms with van der Waals surface area (Å²) in [4.78, 5) is 30.7. The van der Waals surface area contributed by atoms with Crippen LogP contribution in [-0.4, -0.2) is 61.9 Å². The van der Waals surface area contributed by atoms with Gasteiger partial charge < -0.3 is 19.3 Å². The highest BCUT2D eigenvalue weighted by atomic mass is 16.5. The van der Waals surface area contributed by atoms with Gasteiger partial charge in [0.1, 0.15) is 11.9 Å². The Labute approximate surface area is 172 Å². The molecule has 0 aromatic heterocycles. The van der Waals surface area contributed by atoms with Gasteiger partial charge in [0.2, 0.25) is 0 Å². The van der Waals surface area contributed by atoms with Gasteiger partial charge in [0, 0.05) is 13.1 Å². The molecule has 1 aromatic rings. The molecule has 1 aliphatic carbocycles. The standard InChI is InChI=1S/C23H30N2O4/c1-14-5-10-18-17(13-14)21(26)19-20(15-6-8-16(28-4)9-7-15)25(12-11-24(2)3)23(27)22(19)29-18/h6-9,14,17-18,20H,5,10-13H2,1-4H3. The van der Waals surface area contributed by atoms with Crippen LogP contribution in [0.3, 0.4) is 0 Å². The second kappa shape index (κ2) is 7.82. The number of fused-ring (bicyclic) bond motifs is 1. The smallest absolute Gasteiger partial charge is 0.290 e. The number of Topliss-reactive ketones (excluding diaryl/α,β-unsaturated/α-hetero) is 1. The maximum atomic E-state index is 13.6. The average Bonchev–Trinajstić information content (AvgIpc) is 2.99. The van der Waals surface area contributed by atoms with Crippen molar-refractivity contribution in [2.24, 2.45) is 11.8 Å². The van der Waals surface area contributed by atoms with Gasteiger partial charge in [0.25, 0.3) is 5.91 Å². The van der Waals surface area contributed by atoms with E-state index in [4.69, 9.17) is 9.47 Å². The molecule has 1 aromatic carbocycles. The second-order valence-corrected chi connectivity index (χ2v) is 8.77. The zero-order valence-electron chi connectivity index (χ0n) is 17.7. The van der Waals surface area contributed by atoms with E-state index < -0.39 is 6.04 Å². The molecule has 3 aliphatic rings. The van der Waals surface area contributed by atoms with Crippen LogP contribution in [0.15, 0.2) is 35.6 Å². The Bertz CT molecular complexity index is 830. The number of benzene rings is 1. The Hall–Kier alpha value is -2.34. The fourth-order valence-electron chi connectivity index (χ4n) is 4.80. The number of amides is 1. The van der Waals surface area contributed by atoms with E-state index in [9.17, 15) is 9.59 Å². The summed E-state index contributed by atoms with van der Waals surface area (Å²) in [7, 11) is 5.59. The van der Waals surface area contributed by atoms with E-state index >= 15 is 0 Å². The lowest BCUT2D eigenvalue weighted by Gasteiger charge is -2.37. The van der Waals surface area contributed by atoms with E-state index in [1.165, 1.54) is 0 Å². The number of nitrogens with zero attached hydrogens (tertiary/aromatic N) is 2. The Kier molecular flexibility index (Phi) is 5.38. The lowest BCUT2D eigenvalue weighted by molar-refractivity contribution is -0.136. The van der Waals surface area contributed by atoms with Crippen molar-refractivity contribution in [3.8, 4) is 5.75 Å². The molecule has 6 heteroatoms. The van der Waals surface area contributed by atoms with Crippen LogP contribution in [-0.2, 0) is 14.3 Å². The fourth-order valence-corrected chi connectivity index (χ4v) is 4.80. The maximum absolute atomic E-state index is 13.6. The topological polar surface area (TPSA) is 59.1 Å². The summed E-state index contributed by atoms with van der Waals surface area (Å²) in [5, 5.41) is 0. The molecule has 0 N–H and O–H groups in total. The molecule has 4 rings (SSSR count). The Balaban J connectivity index is 1.73. The lowest BCUT2D eigenvalue weighted by Crippen LogP contribution is -2.41. The largest absolute Gasteiger partial charge is 0.497 e. The van der Waals surface area contributed by atoms with Crippen LogP contribution in [0.1, 0.15) is 37.8 Å². The van der Waals surface area contributed by atoms with Gasteiger partial charge in [-0.2, -0.15) is 0 Å². The molecule has 4 atom stereocenters. The minimum absolute atomic E-state index is 0.101. The number of carbonyl (C=O) groups excluding carboxylic acids is 2. The molecule has 1 amide bonds. The molecule has 0 saturated heterocycles. The molecule has 0 radical (unpaired) electrons. The molecule has 0 bridgehead atoms. The van der Waals surface area contributed by atoms with E-state index in [0.29, 0.717) is 18.0 Å². The van der Waals surface area contributed by atoms with Crippen LogP contribution in [0.5, 0.6) is 5.75 Å². The molecule has 29 heavy (non-hydrogen) atoms. The zero-order valence-corrected chi connectivity index (χ0v) is 17.7. The number of carbonyl (C=O) groups is 2. The van der Waals surface area contributed by atoms with Gasteiger partial charge in [0.15, 0.2) is 11.5 Å². The van der Waals surface area contributed by atoms with Crippen LogP contribution in [0, 0.1) is 11.8 Å². The molecule has 2 aliphatic heterocycles. The van der Waals surface area contributed by atoms with E-state index in [-0.39, 0.29) is 29.5 Å². The molecule has 6 nitrogen and oxygen atoms in total. The molecule has 1 saturated carbocycles. The molecular formula is C23H30N2O4. The van der Waals surface area contributed by atoms with Crippen LogP contribution >= 0.6 is 0 Å². The predicted octanol–water partition coefficient (Wildman–Crippen LogP) is 2.80. The highest BCUT2D eigenvalue weighted by Gasteiger charge is 2.52. The monoisotopic (exact) mass is 398 g/mol. The van der Waals surface area contributed by atoms with Gasteiger partial charge in [-0.25, -0.2) is 0 Å². The van der Waals surface area contributed by atoms with Crippen LogP contribution < -0.4 is 4.74 Å². The third-order valence-electron chi connectivity index (χ3n) is 6.43. The van der Waals surface area contributed by atoms with Gasteiger partial charge in [-0.1, -0.05) is 19.1 Å². The highest BCUT2D eigenvalue weighted by Crippen LogP contribution is 2.47. The van der Waals surface area contributed by atoms with Crippen LogP contribution in [0.4, 0.5) is 0 Å². The Morgan fingerprint density at radius 1 is 1.17 bits per heavy atom. The van der Waals surface area contributed by atoms with Gasteiger partial charge in [-0.05, 0) is 57.0 Å². The third-order valence-corrected chi connectivity index (χ3v) is 6.43. The Morgan fingerprint density at radius 3 is 2.55 bits per heavy atom. The van der Waals surface area contributed by atoms with E-state index in [1.807, 2.05) is 43.3 Å². The van der Waals surface area contributed by atoms with Crippen molar-refractivity contribution in [2.75, 3.05) is 34.3 Å². The molecule has 2 heterocycles. The van der Waals surface area contributed by atoms with Crippen molar-refractivity contribution in [2.45, 2.75) is 38.3 Å². The van der Waals surface area contributed by atoms with Crippen LogP contribution in [0.25, 0.3) is 0 Å². The van der Waals surface area contributed by atoms with Crippen molar-refractivity contribution < 1.29 is 19.1 Å². The molecule has 4 unspecified atom stereocenters. The third kappa shape index (κ3) is 3.54. The van der Waals surface area contributed by atoms with E-state index in [2.05, 4.69) is 6.92 Å². The number of methoxy groups -OCH3 is 1.